The summed E-state index contributed by atoms with van der Waals surface area (Å²) in [6, 6.07) is 0. The van der Waals surface area contributed by atoms with Crippen LogP contribution in [0.25, 0.3) is 11.0 Å². The summed E-state index contributed by atoms with van der Waals surface area (Å²) in [5, 5.41) is 4.66. The first-order chi connectivity index (χ1) is 10.9. The molecule has 1 fully saturated rings. The molecule has 3 heterocycles. The zero-order chi connectivity index (χ0) is 16.7. The van der Waals surface area contributed by atoms with Gasteiger partial charge >= 0.3 is 0 Å². The second kappa shape index (κ2) is 6.07. The Hall–Kier alpha value is -1.69. The maximum absolute atomic E-state index is 5.88. The minimum Gasteiger partial charge on any atom is -0.372 e. The quantitative estimate of drug-likeness (QED) is 0.871. The lowest BCUT2D eigenvalue weighted by Gasteiger charge is -2.36. The largest absolute Gasteiger partial charge is 0.372 e. The van der Waals surface area contributed by atoms with Gasteiger partial charge in [-0.25, -0.2) is 9.97 Å². The van der Waals surface area contributed by atoms with Gasteiger partial charge in [0.2, 0.25) is 0 Å². The molecule has 6 heteroatoms. The molecule has 126 valence electrons. The third-order valence-corrected chi connectivity index (χ3v) is 4.29. The molecule has 23 heavy (non-hydrogen) atoms. The average molecular weight is 317 g/mol. The van der Waals surface area contributed by atoms with Crippen LogP contribution in [0.5, 0.6) is 0 Å². The van der Waals surface area contributed by atoms with E-state index in [1.54, 1.807) is 0 Å². The molecule has 2 aromatic heterocycles. The van der Waals surface area contributed by atoms with Crippen LogP contribution in [0.2, 0.25) is 0 Å². The van der Waals surface area contributed by atoms with Gasteiger partial charge in [0.1, 0.15) is 16.9 Å². The van der Waals surface area contributed by atoms with E-state index >= 15 is 0 Å². The van der Waals surface area contributed by atoms with Gasteiger partial charge < -0.3 is 9.64 Å². The SMILES string of the molecule is CCn1nc(C)c2nc(C(C)C)nc(N3C[C@@H](C)O[C@H](C)C3)c21. The Bertz CT molecular complexity index is 699. The summed E-state index contributed by atoms with van der Waals surface area (Å²) in [6.07, 6.45) is 0.399. The molecule has 1 saturated heterocycles. The highest BCUT2D eigenvalue weighted by Crippen LogP contribution is 2.30. The molecule has 6 nitrogen and oxygen atoms in total. The van der Waals surface area contributed by atoms with Crippen LogP contribution in [0.3, 0.4) is 0 Å². The van der Waals surface area contributed by atoms with Crippen LogP contribution in [0, 0.1) is 6.92 Å². The van der Waals surface area contributed by atoms with Gasteiger partial charge in [-0.3, -0.25) is 4.68 Å². The summed E-state index contributed by atoms with van der Waals surface area (Å²) in [6.45, 7) is 15.2. The van der Waals surface area contributed by atoms with Crippen molar-refractivity contribution in [3.8, 4) is 0 Å². The zero-order valence-electron chi connectivity index (χ0n) is 15.0. The lowest BCUT2D eigenvalue weighted by molar-refractivity contribution is -0.00540. The molecule has 0 unspecified atom stereocenters. The second-order valence-electron chi connectivity index (χ2n) is 6.82. The van der Waals surface area contributed by atoms with E-state index < -0.39 is 0 Å². The highest BCUT2D eigenvalue weighted by atomic mass is 16.5. The van der Waals surface area contributed by atoms with Gasteiger partial charge in [0.05, 0.1) is 17.9 Å². The number of morpholine rings is 1. The minimum absolute atomic E-state index is 0.199. The molecule has 2 atom stereocenters. The molecule has 0 aliphatic carbocycles. The van der Waals surface area contributed by atoms with Crippen LogP contribution in [0.15, 0.2) is 0 Å². The maximum atomic E-state index is 5.88. The summed E-state index contributed by atoms with van der Waals surface area (Å²) in [4.78, 5) is 12.0. The van der Waals surface area contributed by atoms with Crippen molar-refractivity contribution in [2.24, 2.45) is 0 Å². The predicted molar refractivity (Wildman–Crippen MR) is 92.0 cm³/mol. The number of aromatic nitrogens is 4. The number of hydrogen-bond acceptors (Lipinski definition) is 5. The molecule has 0 spiro atoms. The van der Waals surface area contributed by atoms with Crippen LogP contribution < -0.4 is 4.90 Å². The van der Waals surface area contributed by atoms with Crippen molar-refractivity contribution in [1.82, 2.24) is 19.7 Å². The van der Waals surface area contributed by atoms with Crippen LogP contribution in [0.1, 0.15) is 52.1 Å². The van der Waals surface area contributed by atoms with E-state index in [1.165, 1.54) is 0 Å². The van der Waals surface area contributed by atoms with Gasteiger partial charge in [-0.1, -0.05) is 13.8 Å². The van der Waals surface area contributed by atoms with E-state index in [4.69, 9.17) is 14.7 Å². The number of fused-ring (bicyclic) bond motifs is 1. The van der Waals surface area contributed by atoms with Crippen molar-refractivity contribution in [2.75, 3.05) is 18.0 Å². The summed E-state index contributed by atoms with van der Waals surface area (Å²) in [7, 11) is 0. The fourth-order valence-corrected chi connectivity index (χ4v) is 3.29. The Morgan fingerprint density at radius 2 is 1.83 bits per heavy atom. The number of hydrogen-bond donors (Lipinski definition) is 0. The van der Waals surface area contributed by atoms with Gasteiger partial charge in [0.25, 0.3) is 0 Å². The van der Waals surface area contributed by atoms with Crippen molar-refractivity contribution >= 4 is 16.9 Å². The first kappa shape index (κ1) is 16.2. The fraction of sp³-hybridized carbons (Fsp3) is 0.706. The van der Waals surface area contributed by atoms with E-state index in [1.807, 2.05) is 11.6 Å². The lowest BCUT2D eigenvalue weighted by atomic mass is 10.2. The standard InChI is InChI=1S/C17H27N5O/c1-7-22-15-14(13(6)20-22)18-16(10(2)3)19-17(15)21-8-11(4)23-12(5)9-21/h10-12H,7-9H2,1-6H3/t11-,12-/m1/s1. The van der Waals surface area contributed by atoms with Crippen molar-refractivity contribution in [2.45, 2.75) is 66.2 Å². The number of aryl methyl sites for hydroxylation is 2. The molecule has 2 aromatic rings. The molecule has 0 aromatic carbocycles. The summed E-state index contributed by atoms with van der Waals surface area (Å²) >= 11 is 0. The number of anilines is 1. The number of ether oxygens (including phenoxy) is 1. The molecule has 0 saturated carbocycles. The minimum atomic E-state index is 0.199. The monoisotopic (exact) mass is 317 g/mol. The van der Waals surface area contributed by atoms with E-state index in [9.17, 15) is 0 Å². The third-order valence-electron chi connectivity index (χ3n) is 4.29. The summed E-state index contributed by atoms with van der Waals surface area (Å²) in [5.41, 5.74) is 3.00. The van der Waals surface area contributed by atoms with Gasteiger partial charge in [0, 0.05) is 25.6 Å². The smallest absolute Gasteiger partial charge is 0.158 e. The first-order valence-electron chi connectivity index (χ1n) is 8.56. The van der Waals surface area contributed by atoms with Crippen LogP contribution >= 0.6 is 0 Å². The van der Waals surface area contributed by atoms with E-state index in [2.05, 4.69) is 44.6 Å². The Kier molecular flexibility index (Phi) is 4.27. The number of rotatable bonds is 3. The van der Waals surface area contributed by atoms with E-state index in [0.29, 0.717) is 5.92 Å². The zero-order valence-corrected chi connectivity index (χ0v) is 15.0. The van der Waals surface area contributed by atoms with Gasteiger partial charge in [-0.05, 0) is 27.7 Å². The van der Waals surface area contributed by atoms with Crippen LogP contribution in [0.4, 0.5) is 5.82 Å². The Labute approximate surface area is 137 Å². The summed E-state index contributed by atoms with van der Waals surface area (Å²) in [5.74, 6) is 2.18. The molecule has 0 bridgehead atoms. The van der Waals surface area contributed by atoms with Gasteiger partial charge in [0.15, 0.2) is 5.82 Å². The van der Waals surface area contributed by atoms with Gasteiger partial charge in [-0.15, -0.1) is 0 Å². The van der Waals surface area contributed by atoms with Crippen molar-refractivity contribution < 1.29 is 4.74 Å². The predicted octanol–water partition coefficient (Wildman–Crippen LogP) is 2.89. The van der Waals surface area contributed by atoms with E-state index in [-0.39, 0.29) is 12.2 Å². The normalized spacial score (nSPS) is 22.3. The fourth-order valence-electron chi connectivity index (χ4n) is 3.29. The molecular formula is C17H27N5O. The Morgan fingerprint density at radius 1 is 1.17 bits per heavy atom. The Balaban J connectivity index is 2.20. The molecule has 0 amide bonds. The highest BCUT2D eigenvalue weighted by molar-refractivity contribution is 5.88. The summed E-state index contributed by atoms with van der Waals surface area (Å²) < 4.78 is 7.90. The average Bonchev–Trinajstić information content (AvgIpc) is 2.82. The molecular weight excluding hydrogens is 290 g/mol. The lowest BCUT2D eigenvalue weighted by Crippen LogP contribution is -2.46. The van der Waals surface area contributed by atoms with Crippen molar-refractivity contribution in [1.29, 1.82) is 0 Å². The number of nitrogens with zero attached hydrogens (tertiary/aromatic N) is 5. The topological polar surface area (TPSA) is 56.1 Å². The highest BCUT2D eigenvalue weighted by Gasteiger charge is 2.27. The molecule has 3 rings (SSSR count). The molecule has 0 radical (unpaired) electrons. The molecule has 1 aliphatic rings. The van der Waals surface area contributed by atoms with E-state index in [0.717, 1.165) is 48.0 Å². The third kappa shape index (κ3) is 2.92. The first-order valence-corrected chi connectivity index (χ1v) is 8.56. The Morgan fingerprint density at radius 3 is 2.39 bits per heavy atom. The second-order valence-corrected chi connectivity index (χ2v) is 6.82. The molecule has 0 N–H and O–H groups in total. The van der Waals surface area contributed by atoms with Gasteiger partial charge in [-0.2, -0.15) is 5.10 Å². The van der Waals surface area contributed by atoms with Crippen LogP contribution in [-0.2, 0) is 11.3 Å². The maximum Gasteiger partial charge on any atom is 0.158 e. The van der Waals surface area contributed by atoms with Crippen molar-refractivity contribution in [3.05, 3.63) is 11.5 Å². The van der Waals surface area contributed by atoms with Crippen molar-refractivity contribution in [3.63, 3.8) is 0 Å². The van der Waals surface area contributed by atoms with Crippen LogP contribution in [-0.4, -0.2) is 45.0 Å². The molecule has 1 aliphatic heterocycles.